The molecular weight excluding hydrogens is 150 g/mol. The second-order valence-corrected chi connectivity index (χ2v) is 3.41. The molecule has 0 radical (unpaired) electrons. The summed E-state index contributed by atoms with van der Waals surface area (Å²) in [6.07, 6.45) is 4.90. The zero-order chi connectivity index (χ0) is 8.97. The topological polar surface area (TPSA) is 36.3 Å². The van der Waals surface area contributed by atoms with Crippen molar-refractivity contribution in [2.24, 2.45) is 5.92 Å². The summed E-state index contributed by atoms with van der Waals surface area (Å²) in [7, 11) is 0. The number of rotatable bonds is 5. The predicted octanol–water partition coefficient (Wildman–Crippen LogP) is 2.49. The Bertz CT molecular complexity index is 173. The average molecular weight is 167 g/mol. The van der Waals surface area contributed by atoms with Gasteiger partial charge in [-0.15, -0.1) is 0 Å². The average Bonchev–Trinajstić information content (AvgIpc) is 2.85. The minimum Gasteiger partial charge on any atom is -0.369 e. The van der Waals surface area contributed by atoms with E-state index < -0.39 is 0 Å². The maximum absolute atomic E-state index is 8.45. The van der Waals surface area contributed by atoms with E-state index in [4.69, 9.17) is 10.00 Å². The molecule has 2 heteroatoms. The van der Waals surface area contributed by atoms with Gasteiger partial charge in [-0.3, -0.25) is 0 Å². The minimum absolute atomic E-state index is 0.466. The Morgan fingerprint density at radius 2 is 2.25 bits per heavy atom. The Labute approximate surface area is 74.5 Å². The van der Waals surface area contributed by atoms with Crippen LogP contribution in [0.1, 0.15) is 39.5 Å². The highest BCUT2D eigenvalue weighted by molar-refractivity contribution is 4.90. The first-order valence-corrected chi connectivity index (χ1v) is 4.85. The summed E-state index contributed by atoms with van der Waals surface area (Å²) >= 11 is 0. The first kappa shape index (κ1) is 9.54. The summed E-state index contributed by atoms with van der Waals surface area (Å²) in [5, 5.41) is 8.45. The van der Waals surface area contributed by atoms with Crippen LogP contribution in [0.2, 0.25) is 0 Å². The van der Waals surface area contributed by atoms with Crippen LogP contribution in [0.4, 0.5) is 0 Å². The van der Waals surface area contributed by atoms with E-state index in [9.17, 15) is 0 Å². The predicted molar refractivity (Wildman–Crippen MR) is 47.6 cm³/mol. The van der Waals surface area contributed by atoms with Crippen molar-refractivity contribution in [1.82, 2.24) is 0 Å². The largest absolute Gasteiger partial charge is 0.369 e. The Kier molecular flexibility index (Phi) is 3.55. The van der Waals surface area contributed by atoms with Gasteiger partial charge in [0.25, 0.3) is 0 Å². The van der Waals surface area contributed by atoms with Gasteiger partial charge < -0.3 is 4.74 Å². The van der Waals surface area contributed by atoms with Crippen molar-refractivity contribution >= 4 is 0 Å². The Morgan fingerprint density at radius 1 is 1.50 bits per heavy atom. The summed E-state index contributed by atoms with van der Waals surface area (Å²) in [5.41, 5.74) is 0. The lowest BCUT2D eigenvalue weighted by Gasteiger charge is -2.08. The number of hydrogen-bond acceptors (Lipinski definition) is 2. The molecule has 68 valence electrons. The maximum Gasteiger partial charge on any atom is 0.0870 e. The standard InChI is InChI=1S/C10H17NO/c1-3-8(6-5-7-11)10-9(4-2)12-10/h8-10H,3-6H2,1-2H3. The van der Waals surface area contributed by atoms with Crippen LogP contribution in [-0.4, -0.2) is 12.2 Å². The van der Waals surface area contributed by atoms with Crippen LogP contribution in [-0.2, 0) is 4.74 Å². The lowest BCUT2D eigenvalue weighted by molar-refractivity contribution is 0.300. The Hall–Kier alpha value is -0.550. The van der Waals surface area contributed by atoms with E-state index in [1.54, 1.807) is 0 Å². The highest BCUT2D eigenvalue weighted by Crippen LogP contribution is 2.35. The molecule has 0 aromatic heterocycles. The monoisotopic (exact) mass is 167 g/mol. The molecule has 1 saturated heterocycles. The molecule has 2 nitrogen and oxygen atoms in total. The van der Waals surface area contributed by atoms with Crippen LogP contribution in [0.25, 0.3) is 0 Å². The normalized spacial score (nSPS) is 29.4. The molecule has 0 aromatic carbocycles. The van der Waals surface area contributed by atoms with Gasteiger partial charge in [-0.05, 0) is 18.8 Å². The highest BCUT2D eigenvalue weighted by Gasteiger charge is 2.41. The molecule has 0 spiro atoms. The summed E-state index contributed by atoms with van der Waals surface area (Å²) < 4.78 is 5.51. The van der Waals surface area contributed by atoms with Crippen LogP contribution in [0.3, 0.4) is 0 Å². The third-order valence-corrected chi connectivity index (χ3v) is 2.64. The van der Waals surface area contributed by atoms with E-state index >= 15 is 0 Å². The fourth-order valence-corrected chi connectivity index (χ4v) is 1.75. The van der Waals surface area contributed by atoms with Gasteiger partial charge in [0.1, 0.15) is 0 Å². The summed E-state index contributed by atoms with van der Waals surface area (Å²) in [6.45, 7) is 4.33. The molecule has 0 aromatic rings. The van der Waals surface area contributed by atoms with Crippen molar-refractivity contribution in [3.05, 3.63) is 0 Å². The van der Waals surface area contributed by atoms with Crippen LogP contribution < -0.4 is 0 Å². The van der Waals surface area contributed by atoms with Crippen molar-refractivity contribution in [3.63, 3.8) is 0 Å². The Balaban J connectivity index is 2.23. The van der Waals surface area contributed by atoms with Crippen LogP contribution >= 0.6 is 0 Å². The second-order valence-electron chi connectivity index (χ2n) is 3.41. The molecule has 3 unspecified atom stereocenters. The highest BCUT2D eigenvalue weighted by atomic mass is 16.6. The lowest BCUT2D eigenvalue weighted by Crippen LogP contribution is -2.09. The molecule has 0 bridgehead atoms. The van der Waals surface area contributed by atoms with Crippen molar-refractivity contribution < 1.29 is 4.74 Å². The van der Waals surface area contributed by atoms with Gasteiger partial charge in [0.05, 0.1) is 18.3 Å². The first-order valence-electron chi connectivity index (χ1n) is 4.85. The fraction of sp³-hybridized carbons (Fsp3) is 0.900. The minimum atomic E-state index is 0.466. The van der Waals surface area contributed by atoms with Crippen molar-refractivity contribution in [1.29, 1.82) is 5.26 Å². The van der Waals surface area contributed by atoms with Crippen molar-refractivity contribution in [3.8, 4) is 6.07 Å². The zero-order valence-corrected chi connectivity index (χ0v) is 7.92. The van der Waals surface area contributed by atoms with Gasteiger partial charge in [-0.25, -0.2) is 0 Å². The van der Waals surface area contributed by atoms with E-state index in [0.29, 0.717) is 24.5 Å². The van der Waals surface area contributed by atoms with E-state index in [0.717, 1.165) is 19.3 Å². The van der Waals surface area contributed by atoms with Crippen molar-refractivity contribution in [2.45, 2.75) is 51.7 Å². The molecule has 0 saturated carbocycles. The quantitative estimate of drug-likeness (QED) is 0.590. The molecule has 1 heterocycles. The number of nitriles is 1. The van der Waals surface area contributed by atoms with Gasteiger partial charge in [-0.1, -0.05) is 20.3 Å². The fourth-order valence-electron chi connectivity index (χ4n) is 1.75. The molecule has 1 aliphatic rings. The molecule has 1 aliphatic heterocycles. The Morgan fingerprint density at radius 3 is 2.67 bits per heavy atom. The zero-order valence-electron chi connectivity index (χ0n) is 7.92. The molecule has 12 heavy (non-hydrogen) atoms. The first-order chi connectivity index (χ1) is 5.83. The van der Waals surface area contributed by atoms with E-state index in [1.807, 2.05) is 0 Å². The lowest BCUT2D eigenvalue weighted by atomic mass is 9.94. The number of hydrogen-bond donors (Lipinski definition) is 0. The third kappa shape index (κ3) is 2.22. The summed E-state index contributed by atoms with van der Waals surface area (Å²) in [6, 6.07) is 2.19. The third-order valence-electron chi connectivity index (χ3n) is 2.64. The van der Waals surface area contributed by atoms with E-state index in [-0.39, 0.29) is 0 Å². The van der Waals surface area contributed by atoms with Gasteiger partial charge in [0.15, 0.2) is 0 Å². The molecule has 1 rings (SSSR count). The molecule has 0 amide bonds. The van der Waals surface area contributed by atoms with Crippen LogP contribution in [0.15, 0.2) is 0 Å². The van der Waals surface area contributed by atoms with E-state index in [1.165, 1.54) is 0 Å². The number of ether oxygens (including phenoxy) is 1. The van der Waals surface area contributed by atoms with Gasteiger partial charge in [0.2, 0.25) is 0 Å². The van der Waals surface area contributed by atoms with Crippen LogP contribution in [0, 0.1) is 17.2 Å². The molecule has 0 aliphatic carbocycles. The van der Waals surface area contributed by atoms with Crippen LogP contribution in [0.5, 0.6) is 0 Å². The molecule has 0 N–H and O–H groups in total. The number of nitrogens with zero attached hydrogens (tertiary/aromatic N) is 1. The molecule has 1 fully saturated rings. The maximum atomic E-state index is 8.45. The molecule has 3 atom stereocenters. The molecular formula is C10H17NO. The van der Waals surface area contributed by atoms with Gasteiger partial charge in [-0.2, -0.15) is 5.26 Å². The van der Waals surface area contributed by atoms with Crippen molar-refractivity contribution in [2.75, 3.05) is 0 Å². The summed E-state index contributed by atoms with van der Waals surface area (Å²) in [5.74, 6) is 0.620. The second kappa shape index (κ2) is 4.47. The summed E-state index contributed by atoms with van der Waals surface area (Å²) in [4.78, 5) is 0. The number of epoxide rings is 1. The van der Waals surface area contributed by atoms with Gasteiger partial charge in [0, 0.05) is 6.42 Å². The SMILES string of the molecule is CCC(CCC#N)C1OC1CC. The van der Waals surface area contributed by atoms with E-state index in [2.05, 4.69) is 19.9 Å². The van der Waals surface area contributed by atoms with Gasteiger partial charge >= 0.3 is 0 Å². The smallest absolute Gasteiger partial charge is 0.0870 e.